The Morgan fingerprint density at radius 2 is 1.95 bits per heavy atom. The van der Waals surface area contributed by atoms with Crippen molar-refractivity contribution >= 4 is 23.6 Å². The summed E-state index contributed by atoms with van der Waals surface area (Å²) < 4.78 is 0. The van der Waals surface area contributed by atoms with Crippen molar-refractivity contribution in [3.05, 3.63) is 35.9 Å². The standard InChI is InChI=1S/C16H20N2O2S/c1-21-11-10-18-14(12-6-3-2-4-7-12)16(20)17-9-5-8-13(17)15(18)19/h2-4,6-7,13-14H,5,8-11H2,1H3. The fourth-order valence-corrected chi connectivity index (χ4v) is 3.66. The Balaban J connectivity index is 1.96. The van der Waals surface area contributed by atoms with Gasteiger partial charge in [0.25, 0.3) is 5.91 Å². The van der Waals surface area contributed by atoms with Crippen molar-refractivity contribution in [2.75, 3.05) is 25.1 Å². The first-order valence-electron chi connectivity index (χ1n) is 7.39. The van der Waals surface area contributed by atoms with E-state index in [1.807, 2.05) is 36.6 Å². The predicted octanol–water partition coefficient (Wildman–Crippen LogP) is 1.92. The Bertz CT molecular complexity index is 534. The summed E-state index contributed by atoms with van der Waals surface area (Å²) in [5, 5.41) is 0. The second kappa shape index (κ2) is 6.10. The van der Waals surface area contributed by atoms with Crippen molar-refractivity contribution in [3.8, 4) is 0 Å². The maximum Gasteiger partial charge on any atom is 0.250 e. The molecule has 0 N–H and O–H groups in total. The fourth-order valence-electron chi connectivity index (χ4n) is 3.28. The van der Waals surface area contributed by atoms with Gasteiger partial charge in [0, 0.05) is 18.8 Å². The van der Waals surface area contributed by atoms with Gasteiger partial charge in [-0.1, -0.05) is 30.3 Å². The highest BCUT2D eigenvalue weighted by molar-refractivity contribution is 7.98. The third-order valence-corrected chi connectivity index (χ3v) is 4.89. The number of fused-ring (bicyclic) bond motifs is 1. The van der Waals surface area contributed by atoms with Crippen LogP contribution in [0.2, 0.25) is 0 Å². The van der Waals surface area contributed by atoms with Crippen molar-refractivity contribution in [1.82, 2.24) is 9.80 Å². The molecule has 0 aromatic heterocycles. The lowest BCUT2D eigenvalue weighted by Gasteiger charge is -2.42. The Labute approximate surface area is 129 Å². The second-order valence-corrected chi connectivity index (χ2v) is 6.51. The molecule has 2 saturated heterocycles. The molecule has 2 heterocycles. The SMILES string of the molecule is CSCCN1C(=O)C2CCCN2C(=O)C1c1ccccc1. The van der Waals surface area contributed by atoms with Crippen LogP contribution in [-0.4, -0.2) is 52.8 Å². The molecular weight excluding hydrogens is 284 g/mol. The smallest absolute Gasteiger partial charge is 0.250 e. The minimum absolute atomic E-state index is 0.0874. The molecular formula is C16H20N2O2S. The number of carbonyl (C=O) groups is 2. The largest absolute Gasteiger partial charge is 0.329 e. The van der Waals surface area contributed by atoms with Gasteiger partial charge in [-0.3, -0.25) is 9.59 Å². The number of benzene rings is 1. The summed E-state index contributed by atoms with van der Waals surface area (Å²) >= 11 is 1.70. The van der Waals surface area contributed by atoms with Gasteiger partial charge in [0.05, 0.1) is 0 Å². The molecule has 0 saturated carbocycles. The first-order valence-corrected chi connectivity index (χ1v) is 8.78. The molecule has 2 amide bonds. The van der Waals surface area contributed by atoms with Gasteiger partial charge >= 0.3 is 0 Å². The molecule has 1 aromatic rings. The second-order valence-electron chi connectivity index (χ2n) is 5.53. The zero-order chi connectivity index (χ0) is 14.8. The zero-order valence-corrected chi connectivity index (χ0v) is 13.0. The van der Waals surface area contributed by atoms with Crippen LogP contribution in [0.5, 0.6) is 0 Å². The molecule has 1 aromatic carbocycles. The molecule has 2 aliphatic heterocycles. The van der Waals surface area contributed by atoms with Crippen LogP contribution in [0.4, 0.5) is 0 Å². The molecule has 5 heteroatoms. The van der Waals surface area contributed by atoms with Crippen LogP contribution in [-0.2, 0) is 9.59 Å². The predicted molar refractivity (Wildman–Crippen MR) is 84.0 cm³/mol. The van der Waals surface area contributed by atoms with Crippen LogP contribution >= 0.6 is 11.8 Å². The van der Waals surface area contributed by atoms with Crippen molar-refractivity contribution < 1.29 is 9.59 Å². The maximum absolute atomic E-state index is 12.9. The van der Waals surface area contributed by atoms with Gasteiger partial charge in [-0.25, -0.2) is 0 Å². The highest BCUT2D eigenvalue weighted by atomic mass is 32.2. The molecule has 3 rings (SSSR count). The maximum atomic E-state index is 12.9. The summed E-state index contributed by atoms with van der Waals surface area (Å²) in [5.74, 6) is 1.06. The first kappa shape index (κ1) is 14.4. The van der Waals surface area contributed by atoms with E-state index in [1.54, 1.807) is 21.6 Å². The number of piperazine rings is 1. The topological polar surface area (TPSA) is 40.6 Å². The molecule has 2 atom stereocenters. The highest BCUT2D eigenvalue weighted by Crippen LogP contribution is 2.34. The van der Waals surface area contributed by atoms with Crippen LogP contribution in [0.1, 0.15) is 24.4 Å². The van der Waals surface area contributed by atoms with Crippen LogP contribution in [0.3, 0.4) is 0 Å². The average Bonchev–Trinajstić information content (AvgIpc) is 3.00. The lowest BCUT2D eigenvalue weighted by molar-refractivity contribution is -0.159. The van der Waals surface area contributed by atoms with Crippen LogP contribution in [0.25, 0.3) is 0 Å². The van der Waals surface area contributed by atoms with Gasteiger partial charge in [-0.05, 0) is 24.7 Å². The van der Waals surface area contributed by atoms with E-state index >= 15 is 0 Å². The Morgan fingerprint density at radius 1 is 1.19 bits per heavy atom. The molecule has 0 radical (unpaired) electrons. The number of rotatable bonds is 4. The van der Waals surface area contributed by atoms with Crippen LogP contribution in [0, 0.1) is 0 Å². The summed E-state index contributed by atoms with van der Waals surface area (Å²) in [7, 11) is 0. The number of hydrogen-bond acceptors (Lipinski definition) is 3. The zero-order valence-electron chi connectivity index (χ0n) is 12.2. The third-order valence-electron chi connectivity index (χ3n) is 4.30. The van der Waals surface area contributed by atoms with Crippen molar-refractivity contribution in [3.63, 3.8) is 0 Å². The van der Waals surface area contributed by atoms with Gasteiger partial charge in [-0.15, -0.1) is 0 Å². The summed E-state index contributed by atoms with van der Waals surface area (Å²) in [6, 6.07) is 9.01. The molecule has 2 unspecified atom stereocenters. The summed E-state index contributed by atoms with van der Waals surface area (Å²) in [5.41, 5.74) is 0.919. The van der Waals surface area contributed by atoms with E-state index in [-0.39, 0.29) is 17.9 Å². The van der Waals surface area contributed by atoms with Crippen molar-refractivity contribution in [1.29, 1.82) is 0 Å². The summed E-state index contributed by atoms with van der Waals surface area (Å²) in [6.07, 6.45) is 3.76. The van der Waals surface area contributed by atoms with Crippen molar-refractivity contribution in [2.45, 2.75) is 24.9 Å². The first-order chi connectivity index (χ1) is 10.2. The van der Waals surface area contributed by atoms with Gasteiger partial charge in [0.1, 0.15) is 12.1 Å². The van der Waals surface area contributed by atoms with Crippen LogP contribution < -0.4 is 0 Å². The van der Waals surface area contributed by atoms with E-state index in [9.17, 15) is 9.59 Å². The Morgan fingerprint density at radius 3 is 2.67 bits per heavy atom. The van der Waals surface area contributed by atoms with Gasteiger partial charge in [-0.2, -0.15) is 11.8 Å². The Hall–Kier alpha value is -1.49. The Kier molecular flexibility index (Phi) is 4.19. The molecule has 0 spiro atoms. The van der Waals surface area contributed by atoms with E-state index < -0.39 is 6.04 Å². The van der Waals surface area contributed by atoms with E-state index in [4.69, 9.17) is 0 Å². The minimum Gasteiger partial charge on any atom is -0.329 e. The van der Waals surface area contributed by atoms with Gasteiger partial charge in [0.15, 0.2) is 0 Å². The lowest BCUT2D eigenvalue weighted by atomic mass is 9.98. The highest BCUT2D eigenvalue weighted by Gasteiger charge is 2.47. The minimum atomic E-state index is -0.444. The number of hydrogen-bond donors (Lipinski definition) is 0. The molecule has 0 aliphatic carbocycles. The number of amides is 2. The monoisotopic (exact) mass is 304 g/mol. The normalized spacial score (nSPS) is 25.4. The van der Waals surface area contributed by atoms with Crippen molar-refractivity contribution in [2.24, 2.45) is 0 Å². The van der Waals surface area contributed by atoms with Gasteiger partial charge in [0.2, 0.25) is 5.91 Å². The fraction of sp³-hybridized carbons (Fsp3) is 0.500. The molecule has 112 valence electrons. The van der Waals surface area contributed by atoms with E-state index in [0.29, 0.717) is 6.54 Å². The number of nitrogens with zero attached hydrogens (tertiary/aromatic N) is 2. The van der Waals surface area contributed by atoms with Crippen LogP contribution in [0.15, 0.2) is 30.3 Å². The summed E-state index contributed by atoms with van der Waals surface area (Å²) in [4.78, 5) is 29.2. The molecule has 2 fully saturated rings. The van der Waals surface area contributed by atoms with E-state index in [0.717, 1.165) is 30.7 Å². The third kappa shape index (κ3) is 2.55. The number of carbonyl (C=O) groups excluding carboxylic acids is 2. The molecule has 21 heavy (non-hydrogen) atoms. The van der Waals surface area contributed by atoms with E-state index in [1.165, 1.54) is 0 Å². The molecule has 2 aliphatic rings. The lowest BCUT2D eigenvalue weighted by Crippen LogP contribution is -2.59. The molecule has 0 bridgehead atoms. The quantitative estimate of drug-likeness (QED) is 0.853. The van der Waals surface area contributed by atoms with E-state index in [2.05, 4.69) is 0 Å². The van der Waals surface area contributed by atoms with Gasteiger partial charge < -0.3 is 9.80 Å². The number of thioether (sulfide) groups is 1. The summed E-state index contributed by atoms with van der Waals surface area (Å²) in [6.45, 7) is 1.35. The average molecular weight is 304 g/mol. The molecule has 4 nitrogen and oxygen atoms in total.